The van der Waals surface area contributed by atoms with Gasteiger partial charge in [0.25, 0.3) is 5.91 Å². The molecule has 322 valence electrons. The second-order valence-corrected chi connectivity index (χ2v) is 18.9. The molecule has 3 saturated carbocycles. The molecule has 61 heavy (non-hydrogen) atoms. The Morgan fingerprint density at radius 2 is 1.72 bits per heavy atom. The number of sulfonamides is 1. The SMILES string of the molecule is COc1ccc2c(c1)nn1c(O[C@@H]3C[C@H]4C(=O)N[C@]5(C(=O)NS(=O)(=O)C6CC6)C[C@H]5/C=C\CCCCC[C@H](NC(=O)OC5CCCC5)C(=O)N4C3)cc(-c3ccccc3)nc21. The molecule has 4 heterocycles. The highest BCUT2D eigenvalue weighted by Gasteiger charge is 2.62. The molecule has 0 spiro atoms. The van der Waals surface area contributed by atoms with Crippen molar-refractivity contribution in [3.05, 3.63) is 66.7 Å². The van der Waals surface area contributed by atoms with Crippen molar-refractivity contribution in [2.45, 2.75) is 119 Å². The first kappa shape index (κ1) is 40.7. The first-order valence-corrected chi connectivity index (χ1v) is 23.0. The number of rotatable bonds is 9. The van der Waals surface area contributed by atoms with E-state index in [1.165, 1.54) is 4.90 Å². The van der Waals surface area contributed by atoms with Crippen molar-refractivity contribution in [3.63, 3.8) is 0 Å². The van der Waals surface area contributed by atoms with Gasteiger partial charge >= 0.3 is 6.09 Å². The number of nitrogens with zero attached hydrogens (tertiary/aromatic N) is 4. The Bertz CT molecular complexity index is 2480. The number of methoxy groups -OCH3 is 1. The van der Waals surface area contributed by atoms with Crippen LogP contribution in [0.5, 0.6) is 11.6 Å². The number of fused-ring (bicyclic) bond motifs is 5. The van der Waals surface area contributed by atoms with Crippen molar-refractivity contribution >= 4 is 50.4 Å². The molecule has 2 aromatic heterocycles. The number of ether oxygens (including phenoxy) is 3. The molecule has 4 fully saturated rings. The summed E-state index contributed by atoms with van der Waals surface area (Å²) in [6.45, 7) is -0.0372. The fraction of sp³-hybridized carbons (Fsp3) is 0.500. The maximum Gasteiger partial charge on any atom is 0.408 e. The third-order valence-electron chi connectivity index (χ3n) is 12.6. The lowest BCUT2D eigenvalue weighted by atomic mass is 10.0. The van der Waals surface area contributed by atoms with E-state index in [0.717, 1.165) is 49.5 Å². The summed E-state index contributed by atoms with van der Waals surface area (Å²) in [6.07, 6.45) is 10.00. The third kappa shape index (κ3) is 8.48. The highest BCUT2D eigenvalue weighted by atomic mass is 32.2. The molecule has 3 N–H and O–H groups in total. The Hall–Kier alpha value is -5.71. The molecule has 2 aromatic carbocycles. The van der Waals surface area contributed by atoms with Gasteiger partial charge in [0.1, 0.15) is 35.6 Å². The van der Waals surface area contributed by atoms with Gasteiger partial charge in [-0.2, -0.15) is 9.61 Å². The topological polar surface area (TPSA) is 200 Å². The molecular weight excluding hydrogens is 803 g/mol. The zero-order valence-corrected chi connectivity index (χ0v) is 34.9. The van der Waals surface area contributed by atoms with E-state index >= 15 is 0 Å². The zero-order chi connectivity index (χ0) is 42.3. The second kappa shape index (κ2) is 16.6. The summed E-state index contributed by atoms with van der Waals surface area (Å²) in [5, 5.41) is 10.7. The molecular formula is C44H51N7O9S. The number of carbonyl (C=O) groups is 4. The maximum absolute atomic E-state index is 14.8. The lowest BCUT2D eigenvalue weighted by Gasteiger charge is -2.30. The quantitative estimate of drug-likeness (QED) is 0.193. The number of alkyl carbamates (subject to hydrolysis) is 1. The van der Waals surface area contributed by atoms with E-state index < -0.39 is 68.7 Å². The summed E-state index contributed by atoms with van der Waals surface area (Å²) in [6, 6.07) is 14.8. The van der Waals surface area contributed by atoms with Crippen LogP contribution in [0.3, 0.4) is 0 Å². The Balaban J connectivity index is 1.06. The van der Waals surface area contributed by atoms with Crippen LogP contribution in [0, 0.1) is 5.92 Å². The van der Waals surface area contributed by atoms with Crippen LogP contribution in [-0.2, 0) is 29.1 Å². The van der Waals surface area contributed by atoms with Gasteiger partial charge in [-0.3, -0.25) is 19.1 Å². The number of nitrogens with one attached hydrogen (secondary N) is 3. The molecule has 5 atom stereocenters. The van der Waals surface area contributed by atoms with Gasteiger partial charge in [-0.1, -0.05) is 55.3 Å². The van der Waals surface area contributed by atoms with Crippen molar-refractivity contribution in [1.82, 2.24) is 34.9 Å². The number of carbonyl (C=O) groups excluding carboxylic acids is 4. The molecule has 0 bridgehead atoms. The van der Waals surface area contributed by atoms with E-state index in [4.69, 9.17) is 24.3 Å². The van der Waals surface area contributed by atoms with Gasteiger partial charge in [0.2, 0.25) is 27.7 Å². The Labute approximate surface area is 353 Å². The summed E-state index contributed by atoms with van der Waals surface area (Å²) in [7, 11) is -2.34. The fourth-order valence-electron chi connectivity index (χ4n) is 8.96. The molecule has 5 aliphatic rings. The van der Waals surface area contributed by atoms with Gasteiger partial charge in [-0.25, -0.2) is 18.2 Å². The highest BCUT2D eigenvalue weighted by molar-refractivity contribution is 7.91. The van der Waals surface area contributed by atoms with Gasteiger partial charge in [0, 0.05) is 35.4 Å². The van der Waals surface area contributed by atoms with Crippen LogP contribution in [0.2, 0.25) is 0 Å². The van der Waals surface area contributed by atoms with E-state index in [1.54, 1.807) is 23.8 Å². The number of hydrogen-bond acceptors (Lipinski definition) is 11. The summed E-state index contributed by atoms with van der Waals surface area (Å²) >= 11 is 0. The van der Waals surface area contributed by atoms with E-state index in [-0.39, 0.29) is 25.5 Å². The first-order valence-electron chi connectivity index (χ1n) is 21.4. The lowest BCUT2D eigenvalue weighted by molar-refractivity contribution is -0.141. The van der Waals surface area contributed by atoms with Crippen molar-refractivity contribution in [3.8, 4) is 22.9 Å². The van der Waals surface area contributed by atoms with Gasteiger partial charge < -0.3 is 29.7 Å². The third-order valence-corrected chi connectivity index (χ3v) is 14.4. The molecule has 4 aromatic rings. The van der Waals surface area contributed by atoms with Crippen LogP contribution in [0.1, 0.15) is 83.5 Å². The minimum absolute atomic E-state index is 0.0223. The molecule has 17 heteroatoms. The lowest BCUT2D eigenvalue weighted by Crippen LogP contribution is -2.58. The molecule has 9 rings (SSSR count). The summed E-state index contributed by atoms with van der Waals surface area (Å²) < 4.78 is 47.7. The number of amides is 4. The van der Waals surface area contributed by atoms with Crippen molar-refractivity contribution in [2.24, 2.45) is 5.92 Å². The smallest absolute Gasteiger partial charge is 0.408 e. The van der Waals surface area contributed by atoms with E-state index in [0.29, 0.717) is 60.6 Å². The van der Waals surface area contributed by atoms with Crippen LogP contribution in [0.15, 0.2) is 66.7 Å². The molecule has 0 radical (unpaired) electrons. The van der Waals surface area contributed by atoms with Gasteiger partial charge in [-0.15, -0.1) is 0 Å². The summed E-state index contributed by atoms with van der Waals surface area (Å²) in [5.41, 5.74) is 1.08. The number of allylic oxidation sites excluding steroid dienone is 1. The van der Waals surface area contributed by atoms with Crippen molar-refractivity contribution < 1.29 is 41.8 Å². The average Bonchev–Trinajstić information content (AvgIpc) is 4.07. The van der Waals surface area contributed by atoms with Crippen LogP contribution in [0.25, 0.3) is 27.8 Å². The monoisotopic (exact) mass is 853 g/mol. The van der Waals surface area contributed by atoms with Gasteiger partial charge in [0.05, 0.1) is 30.1 Å². The normalized spacial score (nSPS) is 26.7. The molecule has 4 amide bonds. The molecule has 16 nitrogen and oxygen atoms in total. The predicted molar refractivity (Wildman–Crippen MR) is 224 cm³/mol. The highest BCUT2D eigenvalue weighted by Crippen LogP contribution is 2.46. The number of benzene rings is 2. The Morgan fingerprint density at radius 1 is 0.934 bits per heavy atom. The minimum Gasteiger partial charge on any atom is -0.497 e. The number of hydrogen-bond donors (Lipinski definition) is 3. The Morgan fingerprint density at radius 3 is 2.49 bits per heavy atom. The van der Waals surface area contributed by atoms with E-state index in [2.05, 4.69) is 15.4 Å². The summed E-state index contributed by atoms with van der Waals surface area (Å²) in [4.78, 5) is 63.0. The minimum atomic E-state index is -3.92. The van der Waals surface area contributed by atoms with Gasteiger partial charge in [-0.05, 0) is 76.3 Å². The average molecular weight is 854 g/mol. The maximum atomic E-state index is 14.8. The molecule has 3 aliphatic carbocycles. The van der Waals surface area contributed by atoms with E-state index in [1.807, 2.05) is 54.6 Å². The standard InChI is InChI=1S/C44H51N7O9S/c1-58-30-18-21-33-36(22-30)48-51-38(24-35(45-39(33)51)27-12-6-5-7-13-27)59-31-23-37-40(52)47-44(42(54)49-61(56,57)32-19-20-32)25-28(44)14-8-3-2-4-9-17-34(41(53)50(37)26-31)46-43(55)60-29-15-10-11-16-29/h5-8,12-14,18,21-22,24,28-29,31-32,34,37H,2-4,9-11,15-17,19-20,23,25-26H2,1H3,(H,46,55)(H,47,52)(H,49,54)/b14-8-/t28-,31-,34+,37+,44-/m1/s1. The number of aromatic nitrogens is 3. The largest absolute Gasteiger partial charge is 0.497 e. The zero-order valence-electron chi connectivity index (χ0n) is 34.1. The first-order chi connectivity index (χ1) is 29.5. The van der Waals surface area contributed by atoms with E-state index in [9.17, 15) is 27.6 Å². The summed E-state index contributed by atoms with van der Waals surface area (Å²) in [5.74, 6) is -1.40. The van der Waals surface area contributed by atoms with Crippen LogP contribution in [0.4, 0.5) is 4.79 Å². The molecule has 1 saturated heterocycles. The molecule has 0 unspecified atom stereocenters. The second-order valence-electron chi connectivity index (χ2n) is 17.0. The van der Waals surface area contributed by atoms with Crippen molar-refractivity contribution in [1.29, 1.82) is 0 Å². The van der Waals surface area contributed by atoms with Gasteiger partial charge in [0.15, 0.2) is 5.65 Å². The fourth-order valence-corrected chi connectivity index (χ4v) is 10.3. The molecule has 2 aliphatic heterocycles. The predicted octanol–water partition coefficient (Wildman–Crippen LogP) is 4.95. The Kier molecular flexibility index (Phi) is 11.1. The van der Waals surface area contributed by atoms with Crippen LogP contribution in [-0.4, -0.2) is 100 Å². The van der Waals surface area contributed by atoms with Crippen LogP contribution < -0.4 is 24.8 Å². The van der Waals surface area contributed by atoms with Crippen LogP contribution >= 0.6 is 0 Å². The van der Waals surface area contributed by atoms with Crippen molar-refractivity contribution in [2.75, 3.05) is 13.7 Å².